The number of fused-ring (bicyclic) bond motifs is 1. The zero-order chi connectivity index (χ0) is 20.6. The molecule has 0 unspecified atom stereocenters. The van der Waals surface area contributed by atoms with Crippen LogP contribution < -0.4 is 10.6 Å². The summed E-state index contributed by atoms with van der Waals surface area (Å²) in [5.41, 5.74) is 1.07. The van der Waals surface area contributed by atoms with Gasteiger partial charge in [0, 0.05) is 19.5 Å². The summed E-state index contributed by atoms with van der Waals surface area (Å²) in [4.78, 5) is 52.7. The number of piperidine rings is 1. The number of carbonyl (C=O) groups is 4. The lowest BCUT2D eigenvalue weighted by Gasteiger charge is -2.40. The molecule has 1 spiro atoms. The number of benzene rings is 1. The quantitative estimate of drug-likeness (QED) is 0.537. The molecule has 0 radical (unpaired) electrons. The Bertz CT molecular complexity index is 872. The van der Waals surface area contributed by atoms with Crippen LogP contribution in [-0.4, -0.2) is 71.9 Å². The summed E-state index contributed by atoms with van der Waals surface area (Å²) >= 11 is 0. The number of hydrogen-bond donors (Lipinski definition) is 2. The van der Waals surface area contributed by atoms with Crippen molar-refractivity contribution in [1.29, 1.82) is 0 Å². The van der Waals surface area contributed by atoms with Crippen molar-refractivity contribution in [3.63, 3.8) is 0 Å². The van der Waals surface area contributed by atoms with E-state index in [2.05, 4.69) is 10.6 Å². The van der Waals surface area contributed by atoms with Crippen LogP contribution in [0, 0.1) is 0 Å². The Labute approximate surface area is 168 Å². The smallest absolute Gasteiger partial charge is 0.328 e. The van der Waals surface area contributed by atoms with Gasteiger partial charge < -0.3 is 15.0 Å². The lowest BCUT2D eigenvalue weighted by atomic mass is 9.89. The van der Waals surface area contributed by atoms with E-state index < -0.39 is 23.6 Å². The predicted molar refractivity (Wildman–Crippen MR) is 102 cm³/mol. The number of rotatable bonds is 3. The normalized spacial score (nSPS) is 26.7. The SMILES string of the molecule is COC(=O)[C@@H]1Cc2ccccc2CN1C(=O)CN1CCC[C@]2(C1)NC(=O)NC2=O. The third kappa shape index (κ3) is 3.57. The molecule has 9 heteroatoms. The summed E-state index contributed by atoms with van der Waals surface area (Å²) in [5, 5.41) is 4.99. The summed E-state index contributed by atoms with van der Waals surface area (Å²) in [6, 6.07) is 6.58. The fourth-order valence-electron chi connectivity index (χ4n) is 4.51. The monoisotopic (exact) mass is 400 g/mol. The number of hydrogen-bond acceptors (Lipinski definition) is 6. The second-order valence-electron chi connectivity index (χ2n) is 7.84. The number of likely N-dealkylation sites (tertiary alicyclic amines) is 1. The lowest BCUT2D eigenvalue weighted by molar-refractivity contribution is -0.154. The largest absolute Gasteiger partial charge is 0.467 e. The van der Waals surface area contributed by atoms with Crippen LogP contribution in [0.2, 0.25) is 0 Å². The van der Waals surface area contributed by atoms with Crippen molar-refractivity contribution in [3.05, 3.63) is 35.4 Å². The first-order valence-electron chi connectivity index (χ1n) is 9.72. The number of nitrogens with zero attached hydrogens (tertiary/aromatic N) is 2. The Kier molecular flexibility index (Phi) is 4.99. The molecule has 0 saturated carbocycles. The summed E-state index contributed by atoms with van der Waals surface area (Å²) in [6.45, 7) is 1.32. The highest BCUT2D eigenvalue weighted by atomic mass is 16.5. The third-order valence-corrected chi connectivity index (χ3v) is 5.99. The van der Waals surface area contributed by atoms with Gasteiger partial charge in [0.05, 0.1) is 13.7 Å². The molecule has 0 aromatic heterocycles. The van der Waals surface area contributed by atoms with Crippen molar-refractivity contribution >= 4 is 23.8 Å². The first-order valence-corrected chi connectivity index (χ1v) is 9.72. The van der Waals surface area contributed by atoms with Gasteiger partial charge in [0.1, 0.15) is 11.6 Å². The molecule has 1 aromatic rings. The highest BCUT2D eigenvalue weighted by Gasteiger charge is 2.49. The van der Waals surface area contributed by atoms with Gasteiger partial charge in [0.25, 0.3) is 5.91 Å². The highest BCUT2D eigenvalue weighted by Crippen LogP contribution is 2.27. The number of imide groups is 1. The minimum Gasteiger partial charge on any atom is -0.467 e. The molecule has 2 N–H and O–H groups in total. The first-order chi connectivity index (χ1) is 13.9. The molecule has 3 aliphatic rings. The summed E-state index contributed by atoms with van der Waals surface area (Å²) in [5.74, 6) is -0.985. The van der Waals surface area contributed by atoms with E-state index in [4.69, 9.17) is 4.74 Å². The van der Waals surface area contributed by atoms with Gasteiger partial charge in [-0.15, -0.1) is 0 Å². The number of nitrogens with one attached hydrogen (secondary N) is 2. The zero-order valence-corrected chi connectivity index (χ0v) is 16.3. The molecule has 9 nitrogen and oxygen atoms in total. The van der Waals surface area contributed by atoms with Crippen LogP contribution >= 0.6 is 0 Å². The Morgan fingerprint density at radius 3 is 2.69 bits per heavy atom. The Morgan fingerprint density at radius 1 is 1.24 bits per heavy atom. The highest BCUT2D eigenvalue weighted by molar-refractivity contribution is 6.07. The molecule has 3 heterocycles. The number of carbonyl (C=O) groups excluding carboxylic acids is 4. The third-order valence-electron chi connectivity index (χ3n) is 5.99. The topological polar surface area (TPSA) is 108 Å². The van der Waals surface area contributed by atoms with Crippen LogP contribution in [-0.2, 0) is 32.1 Å². The minimum absolute atomic E-state index is 0.0700. The van der Waals surface area contributed by atoms with Gasteiger partial charge in [-0.05, 0) is 30.5 Å². The lowest BCUT2D eigenvalue weighted by Crippen LogP contribution is -2.60. The van der Waals surface area contributed by atoms with Gasteiger partial charge in [-0.2, -0.15) is 0 Å². The van der Waals surface area contributed by atoms with Crippen LogP contribution in [0.5, 0.6) is 0 Å². The molecule has 1 aromatic carbocycles. The summed E-state index contributed by atoms with van der Waals surface area (Å²) in [7, 11) is 1.32. The fraction of sp³-hybridized carbons (Fsp3) is 0.500. The zero-order valence-electron chi connectivity index (χ0n) is 16.3. The molecule has 4 amide bonds. The van der Waals surface area contributed by atoms with Crippen molar-refractivity contribution in [2.75, 3.05) is 26.7 Å². The number of urea groups is 1. The second kappa shape index (κ2) is 7.47. The van der Waals surface area contributed by atoms with E-state index in [1.807, 2.05) is 29.2 Å². The van der Waals surface area contributed by atoms with E-state index in [9.17, 15) is 19.2 Å². The van der Waals surface area contributed by atoms with E-state index in [1.54, 1.807) is 4.90 Å². The molecule has 3 aliphatic heterocycles. The van der Waals surface area contributed by atoms with Gasteiger partial charge in [-0.3, -0.25) is 19.8 Å². The molecular weight excluding hydrogens is 376 g/mol. The Balaban J connectivity index is 1.50. The van der Waals surface area contributed by atoms with Gasteiger partial charge in [0.15, 0.2) is 0 Å². The summed E-state index contributed by atoms with van der Waals surface area (Å²) in [6.07, 6.45) is 1.64. The molecule has 2 saturated heterocycles. The Morgan fingerprint density at radius 2 is 2.00 bits per heavy atom. The number of methoxy groups -OCH3 is 1. The van der Waals surface area contributed by atoms with Crippen LogP contribution in [0.1, 0.15) is 24.0 Å². The van der Waals surface area contributed by atoms with E-state index in [0.29, 0.717) is 32.4 Å². The van der Waals surface area contributed by atoms with Crippen LogP contribution in [0.3, 0.4) is 0 Å². The minimum atomic E-state index is -0.980. The average Bonchev–Trinajstić information content (AvgIpc) is 2.98. The molecule has 154 valence electrons. The average molecular weight is 400 g/mol. The van der Waals surface area contributed by atoms with Crippen LogP contribution in [0.25, 0.3) is 0 Å². The van der Waals surface area contributed by atoms with Gasteiger partial charge in [-0.25, -0.2) is 9.59 Å². The first kappa shape index (κ1) is 19.4. The maximum atomic E-state index is 13.1. The fourth-order valence-corrected chi connectivity index (χ4v) is 4.51. The molecular formula is C20H24N4O5. The molecule has 29 heavy (non-hydrogen) atoms. The molecule has 0 aliphatic carbocycles. The van der Waals surface area contributed by atoms with Gasteiger partial charge in [-0.1, -0.05) is 24.3 Å². The molecule has 2 atom stereocenters. The van der Waals surface area contributed by atoms with E-state index in [0.717, 1.165) is 11.1 Å². The van der Waals surface area contributed by atoms with E-state index in [1.165, 1.54) is 7.11 Å². The van der Waals surface area contributed by atoms with Crippen molar-refractivity contribution in [2.45, 2.75) is 37.4 Å². The standard InChI is InChI=1S/C20H24N4O5/c1-29-17(26)15-9-13-5-2-3-6-14(13)10-24(15)16(25)11-23-8-4-7-20(12-23)18(27)21-19(28)22-20/h2-3,5-6,15H,4,7-12H2,1H3,(H2,21,22,27,28)/t15-,20+/m0/s1. The molecule has 2 fully saturated rings. The van der Waals surface area contributed by atoms with Gasteiger partial charge >= 0.3 is 12.0 Å². The molecule has 4 rings (SSSR count). The second-order valence-corrected chi connectivity index (χ2v) is 7.84. The number of esters is 1. The summed E-state index contributed by atoms with van der Waals surface area (Å²) < 4.78 is 4.93. The molecule has 0 bridgehead atoms. The van der Waals surface area contributed by atoms with Gasteiger partial charge in [0.2, 0.25) is 5.91 Å². The maximum Gasteiger partial charge on any atom is 0.328 e. The van der Waals surface area contributed by atoms with Crippen molar-refractivity contribution in [3.8, 4) is 0 Å². The van der Waals surface area contributed by atoms with Crippen molar-refractivity contribution in [1.82, 2.24) is 20.4 Å². The van der Waals surface area contributed by atoms with Crippen LogP contribution in [0.4, 0.5) is 4.79 Å². The van der Waals surface area contributed by atoms with Crippen molar-refractivity contribution in [2.24, 2.45) is 0 Å². The predicted octanol–water partition coefficient (Wildman–Crippen LogP) is -0.213. The number of ether oxygens (including phenoxy) is 1. The Hall–Kier alpha value is -2.94. The maximum absolute atomic E-state index is 13.1. The van der Waals surface area contributed by atoms with Crippen LogP contribution in [0.15, 0.2) is 24.3 Å². The number of amides is 4. The van der Waals surface area contributed by atoms with E-state index in [-0.39, 0.29) is 24.9 Å². The van der Waals surface area contributed by atoms with E-state index >= 15 is 0 Å². The van der Waals surface area contributed by atoms with Crippen molar-refractivity contribution < 1.29 is 23.9 Å².